The van der Waals surface area contributed by atoms with Gasteiger partial charge in [0.2, 0.25) is 5.91 Å². The number of hydrogen-bond acceptors (Lipinski definition) is 4. The fourth-order valence-electron chi connectivity index (χ4n) is 2.58. The number of carbonyl (C=O) groups is 2. The predicted molar refractivity (Wildman–Crippen MR) is 103 cm³/mol. The van der Waals surface area contributed by atoms with Crippen molar-refractivity contribution in [2.75, 3.05) is 11.9 Å². The van der Waals surface area contributed by atoms with Crippen molar-refractivity contribution in [3.8, 4) is 11.3 Å². The third-order valence-corrected chi connectivity index (χ3v) is 4.02. The molecule has 2 N–H and O–H groups in total. The summed E-state index contributed by atoms with van der Waals surface area (Å²) in [6.07, 6.45) is 2.09. The number of benzene rings is 2. The lowest BCUT2D eigenvalue weighted by atomic mass is 10.2. The number of rotatable bonds is 7. The zero-order valence-corrected chi connectivity index (χ0v) is 15.4. The van der Waals surface area contributed by atoms with Gasteiger partial charge in [-0.05, 0) is 55.5 Å². The highest BCUT2D eigenvalue weighted by molar-refractivity contribution is 5.95. The number of amides is 2. The van der Waals surface area contributed by atoms with Crippen molar-refractivity contribution in [3.05, 3.63) is 72.0 Å². The maximum atomic E-state index is 13.0. The zero-order valence-electron chi connectivity index (χ0n) is 15.4. The number of nitrogens with zero attached hydrogens (tertiary/aromatic N) is 1. The van der Waals surface area contributed by atoms with E-state index >= 15 is 0 Å². The fraction of sp³-hybridized carbons (Fsp3) is 0.190. The molecule has 0 aliphatic heterocycles. The molecule has 0 radical (unpaired) electrons. The Morgan fingerprint density at radius 2 is 1.79 bits per heavy atom. The van der Waals surface area contributed by atoms with Crippen molar-refractivity contribution in [2.24, 2.45) is 0 Å². The minimum absolute atomic E-state index is 0.152. The number of carbonyl (C=O) groups excluding carboxylic acids is 2. The molecule has 1 heterocycles. The summed E-state index contributed by atoms with van der Waals surface area (Å²) in [5, 5.41) is 5.49. The normalized spacial score (nSPS) is 10.5. The van der Waals surface area contributed by atoms with Crippen molar-refractivity contribution in [1.82, 2.24) is 10.3 Å². The van der Waals surface area contributed by atoms with Gasteiger partial charge in [0.15, 0.2) is 11.7 Å². The van der Waals surface area contributed by atoms with E-state index in [-0.39, 0.29) is 24.1 Å². The number of aryl methyl sites for hydroxylation is 1. The van der Waals surface area contributed by atoms with E-state index in [0.29, 0.717) is 35.9 Å². The molecular formula is C21H20FN3O3. The van der Waals surface area contributed by atoms with Crippen LogP contribution in [0.25, 0.3) is 11.3 Å². The van der Waals surface area contributed by atoms with E-state index < -0.39 is 0 Å². The maximum Gasteiger partial charge on any atom is 0.251 e. The number of oxazole rings is 1. The fourth-order valence-corrected chi connectivity index (χ4v) is 2.58. The Balaban J connectivity index is 1.52. The number of halogens is 1. The van der Waals surface area contributed by atoms with E-state index in [0.717, 1.165) is 5.56 Å². The van der Waals surface area contributed by atoms with Gasteiger partial charge in [0.25, 0.3) is 5.91 Å². The quantitative estimate of drug-likeness (QED) is 0.652. The van der Waals surface area contributed by atoms with Gasteiger partial charge in [-0.15, -0.1) is 0 Å². The Bertz CT molecular complexity index is 950. The third-order valence-electron chi connectivity index (χ3n) is 4.02. The summed E-state index contributed by atoms with van der Waals surface area (Å²) in [6.45, 7) is 2.41. The molecule has 0 saturated heterocycles. The first-order valence-corrected chi connectivity index (χ1v) is 8.94. The van der Waals surface area contributed by atoms with Crippen LogP contribution in [0.15, 0.2) is 59.1 Å². The Labute approximate surface area is 161 Å². The Morgan fingerprint density at radius 3 is 2.46 bits per heavy atom. The molecule has 7 heteroatoms. The van der Waals surface area contributed by atoms with Crippen molar-refractivity contribution in [1.29, 1.82) is 0 Å². The van der Waals surface area contributed by atoms with Crippen LogP contribution in [0, 0.1) is 5.82 Å². The smallest absolute Gasteiger partial charge is 0.251 e. The summed E-state index contributed by atoms with van der Waals surface area (Å²) in [7, 11) is 0. The molecule has 0 unspecified atom stereocenters. The lowest BCUT2D eigenvalue weighted by molar-refractivity contribution is -0.116. The summed E-state index contributed by atoms with van der Waals surface area (Å²) in [6, 6.07) is 12.6. The summed E-state index contributed by atoms with van der Waals surface area (Å²) in [5.74, 6) is 0.296. The molecular weight excluding hydrogens is 361 g/mol. The van der Waals surface area contributed by atoms with Crippen LogP contribution in [0.4, 0.5) is 10.1 Å². The SMILES string of the molecule is CCNC(=O)c1ccc(NC(=O)CCc2ncc(-c3ccc(F)cc3)o2)cc1. The summed E-state index contributed by atoms with van der Waals surface area (Å²) < 4.78 is 18.6. The van der Waals surface area contributed by atoms with Crippen molar-refractivity contribution < 1.29 is 18.4 Å². The Morgan fingerprint density at radius 1 is 1.07 bits per heavy atom. The molecule has 144 valence electrons. The average Bonchev–Trinajstić information content (AvgIpc) is 3.17. The van der Waals surface area contributed by atoms with Crippen LogP contribution in [0.1, 0.15) is 29.6 Å². The summed E-state index contributed by atoms with van der Waals surface area (Å²) >= 11 is 0. The van der Waals surface area contributed by atoms with Crippen LogP contribution < -0.4 is 10.6 Å². The molecule has 0 bridgehead atoms. The molecule has 3 rings (SSSR count). The number of hydrogen-bond donors (Lipinski definition) is 2. The van der Waals surface area contributed by atoms with Gasteiger partial charge in [-0.3, -0.25) is 9.59 Å². The van der Waals surface area contributed by atoms with E-state index in [4.69, 9.17) is 4.42 Å². The highest BCUT2D eigenvalue weighted by Crippen LogP contribution is 2.21. The minimum atomic E-state index is -0.320. The highest BCUT2D eigenvalue weighted by Gasteiger charge is 2.10. The molecule has 0 aliphatic carbocycles. The first kappa shape index (κ1) is 19.3. The zero-order chi connectivity index (χ0) is 19.9. The molecule has 2 aromatic carbocycles. The lowest BCUT2D eigenvalue weighted by Crippen LogP contribution is -2.22. The highest BCUT2D eigenvalue weighted by atomic mass is 19.1. The molecule has 0 aliphatic rings. The Hall–Kier alpha value is -3.48. The van der Waals surface area contributed by atoms with Gasteiger partial charge in [-0.25, -0.2) is 9.37 Å². The first-order valence-electron chi connectivity index (χ1n) is 8.94. The van der Waals surface area contributed by atoms with Gasteiger partial charge in [0.05, 0.1) is 6.20 Å². The first-order chi connectivity index (χ1) is 13.5. The van der Waals surface area contributed by atoms with Crippen LogP contribution in [0.3, 0.4) is 0 Å². The molecule has 1 aromatic heterocycles. The minimum Gasteiger partial charge on any atom is -0.441 e. The van der Waals surface area contributed by atoms with Gasteiger partial charge < -0.3 is 15.1 Å². The molecule has 0 atom stereocenters. The van der Waals surface area contributed by atoms with Gasteiger partial charge in [-0.1, -0.05) is 0 Å². The van der Waals surface area contributed by atoms with Gasteiger partial charge in [0.1, 0.15) is 5.82 Å². The monoisotopic (exact) mass is 381 g/mol. The van der Waals surface area contributed by atoms with Crippen molar-refractivity contribution in [2.45, 2.75) is 19.8 Å². The number of aromatic nitrogens is 1. The average molecular weight is 381 g/mol. The second-order valence-electron chi connectivity index (χ2n) is 6.11. The second kappa shape index (κ2) is 8.94. The van der Waals surface area contributed by atoms with E-state index in [9.17, 15) is 14.0 Å². The standard InChI is InChI=1S/C21H20FN3O3/c1-2-23-21(27)15-5-9-17(10-6-15)25-19(26)11-12-20-24-13-18(28-20)14-3-7-16(22)8-4-14/h3-10,13H,2,11-12H2,1H3,(H,23,27)(H,25,26). The van der Waals surface area contributed by atoms with Gasteiger partial charge >= 0.3 is 0 Å². The van der Waals surface area contributed by atoms with Crippen LogP contribution >= 0.6 is 0 Å². The lowest BCUT2D eigenvalue weighted by Gasteiger charge is -2.06. The summed E-state index contributed by atoms with van der Waals surface area (Å²) in [4.78, 5) is 28.0. The number of anilines is 1. The maximum absolute atomic E-state index is 13.0. The van der Waals surface area contributed by atoms with E-state index in [1.165, 1.54) is 12.1 Å². The molecule has 3 aromatic rings. The predicted octanol–water partition coefficient (Wildman–Crippen LogP) is 3.80. The molecule has 0 fully saturated rings. The van der Waals surface area contributed by atoms with Gasteiger partial charge in [-0.2, -0.15) is 0 Å². The molecule has 0 saturated carbocycles. The topological polar surface area (TPSA) is 84.2 Å². The van der Waals surface area contributed by atoms with Crippen LogP contribution in [0.5, 0.6) is 0 Å². The second-order valence-corrected chi connectivity index (χ2v) is 6.11. The van der Waals surface area contributed by atoms with Crippen molar-refractivity contribution in [3.63, 3.8) is 0 Å². The van der Waals surface area contributed by atoms with E-state index in [1.54, 1.807) is 42.6 Å². The van der Waals surface area contributed by atoms with E-state index in [2.05, 4.69) is 15.6 Å². The molecule has 0 spiro atoms. The number of nitrogens with one attached hydrogen (secondary N) is 2. The van der Waals surface area contributed by atoms with Crippen LogP contribution in [-0.2, 0) is 11.2 Å². The van der Waals surface area contributed by atoms with Crippen molar-refractivity contribution >= 4 is 17.5 Å². The third kappa shape index (κ3) is 5.03. The van der Waals surface area contributed by atoms with Gasteiger partial charge in [0, 0.05) is 36.2 Å². The molecule has 28 heavy (non-hydrogen) atoms. The largest absolute Gasteiger partial charge is 0.441 e. The Kier molecular flexibility index (Phi) is 6.16. The van der Waals surface area contributed by atoms with Crippen LogP contribution in [-0.4, -0.2) is 23.3 Å². The van der Waals surface area contributed by atoms with E-state index in [1.807, 2.05) is 6.92 Å². The summed E-state index contributed by atoms with van der Waals surface area (Å²) in [5.41, 5.74) is 1.86. The molecule has 6 nitrogen and oxygen atoms in total. The van der Waals surface area contributed by atoms with Crippen LogP contribution in [0.2, 0.25) is 0 Å². The molecule has 2 amide bonds.